The van der Waals surface area contributed by atoms with E-state index in [-0.39, 0.29) is 11.8 Å². The number of aromatic nitrogens is 4. The molecule has 22 heavy (non-hydrogen) atoms. The van der Waals surface area contributed by atoms with Gasteiger partial charge >= 0.3 is 0 Å². The molecule has 0 saturated heterocycles. The minimum absolute atomic E-state index is 0.00565. The average molecular weight is 314 g/mol. The number of carbonyl (C=O) groups excluding carboxylic acids is 1. The predicted octanol–water partition coefficient (Wildman–Crippen LogP) is 3.02. The highest BCUT2D eigenvalue weighted by Gasteiger charge is 2.30. The van der Waals surface area contributed by atoms with E-state index in [9.17, 15) is 4.79 Å². The first-order valence-electron chi connectivity index (χ1n) is 6.99. The van der Waals surface area contributed by atoms with Crippen molar-refractivity contribution < 1.29 is 4.79 Å². The van der Waals surface area contributed by atoms with Crippen LogP contribution in [0.2, 0.25) is 5.02 Å². The Hall–Kier alpha value is -2.47. The molecular weight excluding hydrogens is 302 g/mol. The van der Waals surface area contributed by atoms with Crippen molar-refractivity contribution in [3.05, 3.63) is 35.6 Å². The lowest BCUT2D eigenvalue weighted by molar-refractivity contribution is -0.117. The highest BCUT2D eigenvalue weighted by atomic mass is 35.5. The number of fused-ring (bicyclic) bond motifs is 1. The molecule has 4 rings (SSSR count). The maximum atomic E-state index is 11.9. The fourth-order valence-corrected chi connectivity index (χ4v) is 2.49. The summed E-state index contributed by atoms with van der Waals surface area (Å²) in [6, 6.07) is 7.41. The summed E-state index contributed by atoms with van der Waals surface area (Å²) in [5.41, 5.74) is 1.88. The Kier molecular flexibility index (Phi) is 3.04. The van der Waals surface area contributed by atoms with Crippen LogP contribution in [0.1, 0.15) is 12.8 Å². The topological polar surface area (TPSA) is 83.6 Å². The van der Waals surface area contributed by atoms with Gasteiger partial charge in [-0.2, -0.15) is 0 Å². The number of imidazole rings is 1. The monoisotopic (exact) mass is 313 g/mol. The quantitative estimate of drug-likeness (QED) is 0.778. The van der Waals surface area contributed by atoms with Crippen LogP contribution in [0.5, 0.6) is 0 Å². The number of carbonyl (C=O) groups is 1. The number of benzene rings is 1. The second-order valence-corrected chi connectivity index (χ2v) is 5.66. The second-order valence-electron chi connectivity index (χ2n) is 5.25. The molecule has 0 unspecified atom stereocenters. The van der Waals surface area contributed by atoms with Crippen LogP contribution in [0.25, 0.3) is 22.6 Å². The normalized spacial score (nSPS) is 14.2. The number of nitrogens with one attached hydrogen (secondary N) is 2. The smallest absolute Gasteiger partial charge is 0.228 e. The lowest BCUT2D eigenvalue weighted by atomic mass is 10.2. The molecule has 0 bridgehead atoms. The molecule has 1 fully saturated rings. The standard InChI is InChI=1S/C15H12ClN5O/c16-10-4-2-1-3-9(10)12-19-11-13(20-12)17-7-18-14(11)21-15(22)8-5-6-8/h1-4,7-8H,5-6H2,(H2,17,18,19,20,21,22). The molecular formula is C15H12ClN5O. The zero-order chi connectivity index (χ0) is 15.1. The summed E-state index contributed by atoms with van der Waals surface area (Å²) < 4.78 is 0. The molecule has 0 atom stereocenters. The van der Waals surface area contributed by atoms with Gasteiger partial charge in [-0.25, -0.2) is 15.0 Å². The van der Waals surface area contributed by atoms with Crippen LogP contribution in [0.4, 0.5) is 5.82 Å². The van der Waals surface area contributed by atoms with Crippen LogP contribution < -0.4 is 5.32 Å². The minimum Gasteiger partial charge on any atom is -0.333 e. The van der Waals surface area contributed by atoms with Gasteiger partial charge in [0.2, 0.25) is 5.91 Å². The third kappa shape index (κ3) is 2.31. The predicted molar refractivity (Wildman–Crippen MR) is 83.5 cm³/mol. The van der Waals surface area contributed by atoms with Crippen molar-refractivity contribution >= 4 is 34.5 Å². The molecule has 0 aliphatic heterocycles. The molecule has 2 N–H and O–H groups in total. The van der Waals surface area contributed by atoms with Gasteiger partial charge in [-0.05, 0) is 25.0 Å². The average Bonchev–Trinajstić information content (AvgIpc) is 3.27. The lowest BCUT2D eigenvalue weighted by Crippen LogP contribution is -2.14. The molecule has 1 aromatic carbocycles. The zero-order valence-electron chi connectivity index (χ0n) is 11.5. The maximum absolute atomic E-state index is 11.9. The van der Waals surface area contributed by atoms with Crippen molar-refractivity contribution in [2.45, 2.75) is 12.8 Å². The minimum atomic E-state index is -0.00565. The molecule has 7 heteroatoms. The summed E-state index contributed by atoms with van der Waals surface area (Å²) in [6.45, 7) is 0. The third-order valence-corrected chi connectivity index (χ3v) is 3.94. The van der Waals surface area contributed by atoms with Gasteiger partial charge in [0.25, 0.3) is 0 Å². The van der Waals surface area contributed by atoms with Crippen LogP contribution in [0, 0.1) is 5.92 Å². The summed E-state index contributed by atoms with van der Waals surface area (Å²) >= 11 is 6.19. The number of rotatable bonds is 3. The van der Waals surface area contributed by atoms with Gasteiger partial charge < -0.3 is 10.3 Å². The van der Waals surface area contributed by atoms with E-state index in [1.807, 2.05) is 18.2 Å². The van der Waals surface area contributed by atoms with E-state index in [1.54, 1.807) is 6.07 Å². The van der Waals surface area contributed by atoms with Crippen molar-refractivity contribution in [2.75, 3.05) is 5.32 Å². The molecule has 2 heterocycles. The number of hydrogen-bond donors (Lipinski definition) is 2. The molecule has 1 aliphatic rings. The summed E-state index contributed by atoms with van der Waals surface area (Å²) in [5, 5.41) is 3.43. The first-order valence-corrected chi connectivity index (χ1v) is 7.36. The largest absolute Gasteiger partial charge is 0.333 e. The van der Waals surface area contributed by atoms with E-state index in [1.165, 1.54) is 6.33 Å². The Balaban J connectivity index is 1.77. The Morgan fingerprint density at radius 2 is 2.09 bits per heavy atom. The molecule has 0 spiro atoms. The Labute approximate surface area is 131 Å². The van der Waals surface area contributed by atoms with Crippen LogP contribution >= 0.6 is 11.6 Å². The highest BCUT2D eigenvalue weighted by Crippen LogP contribution is 2.31. The van der Waals surface area contributed by atoms with E-state index in [0.717, 1.165) is 18.4 Å². The van der Waals surface area contributed by atoms with Crippen LogP contribution in [0.3, 0.4) is 0 Å². The highest BCUT2D eigenvalue weighted by molar-refractivity contribution is 6.33. The van der Waals surface area contributed by atoms with Gasteiger partial charge in [-0.1, -0.05) is 23.7 Å². The number of aromatic amines is 1. The number of anilines is 1. The van der Waals surface area contributed by atoms with Crippen molar-refractivity contribution in [1.29, 1.82) is 0 Å². The van der Waals surface area contributed by atoms with Crippen molar-refractivity contribution in [1.82, 2.24) is 19.9 Å². The Bertz CT molecular complexity index is 871. The van der Waals surface area contributed by atoms with Crippen LogP contribution in [0.15, 0.2) is 30.6 Å². The molecule has 1 amide bonds. The number of hydrogen-bond acceptors (Lipinski definition) is 4. The summed E-state index contributed by atoms with van der Waals surface area (Å²) in [7, 11) is 0. The number of nitrogens with zero attached hydrogens (tertiary/aromatic N) is 3. The Morgan fingerprint density at radius 1 is 1.27 bits per heavy atom. The SMILES string of the molecule is O=C(Nc1ncnc2nc(-c3ccccc3Cl)[nH]c12)C1CC1. The molecule has 3 aromatic rings. The first kappa shape index (κ1) is 13.2. The zero-order valence-corrected chi connectivity index (χ0v) is 12.3. The molecule has 110 valence electrons. The first-order chi connectivity index (χ1) is 10.7. The number of halogens is 1. The van der Waals surface area contributed by atoms with Gasteiger partial charge in [0.1, 0.15) is 17.7 Å². The Morgan fingerprint density at radius 3 is 2.86 bits per heavy atom. The molecule has 2 aromatic heterocycles. The van der Waals surface area contributed by atoms with E-state index in [4.69, 9.17) is 11.6 Å². The fourth-order valence-electron chi connectivity index (χ4n) is 2.27. The third-order valence-electron chi connectivity index (χ3n) is 3.61. The van der Waals surface area contributed by atoms with E-state index >= 15 is 0 Å². The van der Waals surface area contributed by atoms with Gasteiger partial charge in [0.05, 0.1) is 5.02 Å². The van der Waals surface area contributed by atoms with Crippen molar-refractivity contribution in [2.24, 2.45) is 5.92 Å². The molecule has 1 aliphatic carbocycles. The molecule has 1 saturated carbocycles. The van der Waals surface area contributed by atoms with Crippen molar-refractivity contribution in [3.63, 3.8) is 0 Å². The summed E-state index contributed by atoms with van der Waals surface area (Å²) in [4.78, 5) is 27.8. The summed E-state index contributed by atoms with van der Waals surface area (Å²) in [5.74, 6) is 1.15. The van der Waals surface area contributed by atoms with E-state index in [2.05, 4.69) is 25.3 Å². The lowest BCUT2D eigenvalue weighted by Gasteiger charge is -2.03. The van der Waals surface area contributed by atoms with E-state index < -0.39 is 0 Å². The summed E-state index contributed by atoms with van der Waals surface area (Å²) in [6.07, 6.45) is 3.27. The van der Waals surface area contributed by atoms with Gasteiger partial charge in [-0.15, -0.1) is 0 Å². The van der Waals surface area contributed by atoms with Crippen LogP contribution in [-0.2, 0) is 4.79 Å². The molecule has 0 radical (unpaired) electrons. The maximum Gasteiger partial charge on any atom is 0.228 e. The van der Waals surface area contributed by atoms with Crippen LogP contribution in [-0.4, -0.2) is 25.8 Å². The van der Waals surface area contributed by atoms with E-state index in [0.29, 0.717) is 27.8 Å². The second kappa shape index (κ2) is 5.06. The fraction of sp³-hybridized carbons (Fsp3) is 0.200. The number of H-pyrrole nitrogens is 1. The molecule has 6 nitrogen and oxygen atoms in total. The van der Waals surface area contributed by atoms with Crippen molar-refractivity contribution in [3.8, 4) is 11.4 Å². The number of amides is 1. The van der Waals surface area contributed by atoms with Gasteiger partial charge in [0.15, 0.2) is 11.5 Å². The van der Waals surface area contributed by atoms with Gasteiger partial charge in [-0.3, -0.25) is 4.79 Å². The van der Waals surface area contributed by atoms with Gasteiger partial charge in [0, 0.05) is 11.5 Å².